The van der Waals surface area contributed by atoms with Crippen molar-refractivity contribution in [2.75, 3.05) is 13.2 Å². The molecular weight excluding hydrogens is 350 g/mol. The highest BCUT2D eigenvalue weighted by Crippen LogP contribution is 2.18. The van der Waals surface area contributed by atoms with E-state index in [0.29, 0.717) is 30.5 Å². The minimum atomic E-state index is -1.07. The van der Waals surface area contributed by atoms with Crippen molar-refractivity contribution in [2.45, 2.75) is 38.8 Å². The van der Waals surface area contributed by atoms with Crippen LogP contribution in [0.5, 0.6) is 0 Å². The molecule has 2 heterocycles. The highest BCUT2D eigenvalue weighted by molar-refractivity contribution is 5.84. The molecule has 2 aromatic rings. The van der Waals surface area contributed by atoms with Gasteiger partial charge in [-0.2, -0.15) is 0 Å². The van der Waals surface area contributed by atoms with Gasteiger partial charge in [-0.1, -0.05) is 12.1 Å². The summed E-state index contributed by atoms with van der Waals surface area (Å²) in [6.07, 6.45) is 2.90. The van der Waals surface area contributed by atoms with Crippen LogP contribution in [0, 0.1) is 12.8 Å². The predicted octanol–water partition coefficient (Wildman–Crippen LogP) is 1.09. The van der Waals surface area contributed by atoms with Gasteiger partial charge in [0.05, 0.1) is 23.8 Å². The lowest BCUT2D eigenvalue weighted by Crippen LogP contribution is -2.48. The standard InChI is InChI=1S/C19H23N3O5/c1-12-4-2-6-14-16(12)20-11-22(18(14)24)8-7-15(23)21-17(19(25)26)13-5-3-9-27-10-13/h2,4,6,11,13,17H,3,5,7-10H2,1H3,(H,21,23)(H,25,26). The zero-order valence-electron chi connectivity index (χ0n) is 15.2. The lowest BCUT2D eigenvalue weighted by molar-refractivity contribution is -0.145. The first-order chi connectivity index (χ1) is 13.0. The van der Waals surface area contributed by atoms with E-state index < -0.39 is 17.9 Å². The van der Waals surface area contributed by atoms with E-state index in [4.69, 9.17) is 4.74 Å². The number of hydrogen-bond donors (Lipinski definition) is 2. The van der Waals surface area contributed by atoms with Gasteiger partial charge in [0.1, 0.15) is 6.04 Å². The number of aromatic nitrogens is 2. The van der Waals surface area contributed by atoms with Crippen LogP contribution in [-0.2, 0) is 20.9 Å². The van der Waals surface area contributed by atoms with Gasteiger partial charge in [-0.15, -0.1) is 0 Å². The first kappa shape index (κ1) is 19.0. The summed E-state index contributed by atoms with van der Waals surface area (Å²) in [6.45, 7) is 2.96. The molecule has 0 spiro atoms. The number of para-hydroxylation sites is 1. The normalized spacial score (nSPS) is 18.2. The number of benzene rings is 1. The molecule has 8 heteroatoms. The molecule has 8 nitrogen and oxygen atoms in total. The number of fused-ring (bicyclic) bond motifs is 1. The third-order valence-electron chi connectivity index (χ3n) is 4.88. The zero-order chi connectivity index (χ0) is 19.4. The third kappa shape index (κ3) is 4.33. The highest BCUT2D eigenvalue weighted by atomic mass is 16.5. The van der Waals surface area contributed by atoms with Crippen LogP contribution < -0.4 is 10.9 Å². The second-order valence-electron chi connectivity index (χ2n) is 6.82. The Hall–Kier alpha value is -2.74. The number of hydrogen-bond acceptors (Lipinski definition) is 5. The number of ether oxygens (including phenoxy) is 1. The Labute approximate surface area is 156 Å². The molecule has 1 aromatic heterocycles. The minimum Gasteiger partial charge on any atom is -0.480 e. The Morgan fingerprint density at radius 1 is 1.44 bits per heavy atom. The summed E-state index contributed by atoms with van der Waals surface area (Å²) in [7, 11) is 0. The molecule has 0 aliphatic carbocycles. The number of rotatable bonds is 6. The number of carbonyl (C=O) groups excluding carboxylic acids is 1. The van der Waals surface area contributed by atoms with Crippen molar-refractivity contribution in [3.63, 3.8) is 0 Å². The second-order valence-corrected chi connectivity index (χ2v) is 6.82. The van der Waals surface area contributed by atoms with Crippen molar-refractivity contribution in [1.82, 2.24) is 14.9 Å². The molecule has 1 aliphatic rings. The van der Waals surface area contributed by atoms with Crippen molar-refractivity contribution in [1.29, 1.82) is 0 Å². The van der Waals surface area contributed by atoms with Gasteiger partial charge in [-0.05, 0) is 31.4 Å². The quantitative estimate of drug-likeness (QED) is 0.784. The number of aliphatic carboxylic acids is 1. The Morgan fingerprint density at radius 2 is 2.26 bits per heavy atom. The highest BCUT2D eigenvalue weighted by Gasteiger charge is 2.31. The SMILES string of the molecule is Cc1cccc2c(=O)n(CCC(=O)NC(C(=O)O)C3CCCOC3)cnc12. The van der Waals surface area contributed by atoms with E-state index in [0.717, 1.165) is 12.0 Å². The molecule has 1 aliphatic heterocycles. The number of carboxylic acids is 1. The van der Waals surface area contributed by atoms with E-state index in [-0.39, 0.29) is 24.4 Å². The van der Waals surface area contributed by atoms with Crippen LogP contribution in [0.25, 0.3) is 10.9 Å². The summed E-state index contributed by atoms with van der Waals surface area (Å²) >= 11 is 0. The lowest BCUT2D eigenvalue weighted by atomic mass is 9.93. The van der Waals surface area contributed by atoms with Crippen molar-refractivity contribution < 1.29 is 19.4 Å². The number of amides is 1. The molecule has 0 bridgehead atoms. The van der Waals surface area contributed by atoms with Crippen LogP contribution >= 0.6 is 0 Å². The molecule has 1 saturated heterocycles. The summed E-state index contributed by atoms with van der Waals surface area (Å²) < 4.78 is 6.70. The Balaban J connectivity index is 1.66. The van der Waals surface area contributed by atoms with E-state index in [1.807, 2.05) is 13.0 Å². The molecule has 3 rings (SSSR count). The Morgan fingerprint density at radius 3 is 2.96 bits per heavy atom. The average Bonchev–Trinajstić information content (AvgIpc) is 2.66. The van der Waals surface area contributed by atoms with Gasteiger partial charge in [0.15, 0.2) is 0 Å². The fourth-order valence-corrected chi connectivity index (χ4v) is 3.37. The molecule has 2 unspecified atom stereocenters. The maximum Gasteiger partial charge on any atom is 0.326 e. The van der Waals surface area contributed by atoms with E-state index in [1.165, 1.54) is 10.9 Å². The summed E-state index contributed by atoms with van der Waals surface area (Å²) in [6, 6.07) is 4.40. The topological polar surface area (TPSA) is 111 Å². The molecule has 144 valence electrons. The fraction of sp³-hybridized carbons (Fsp3) is 0.474. The van der Waals surface area contributed by atoms with Crippen LogP contribution in [0.3, 0.4) is 0 Å². The molecule has 1 amide bonds. The summed E-state index contributed by atoms with van der Waals surface area (Å²) in [5.74, 6) is -1.73. The van der Waals surface area contributed by atoms with E-state index >= 15 is 0 Å². The summed E-state index contributed by atoms with van der Waals surface area (Å²) in [5, 5.41) is 12.5. The van der Waals surface area contributed by atoms with Gasteiger partial charge in [0.25, 0.3) is 5.56 Å². The van der Waals surface area contributed by atoms with Crippen LogP contribution in [0.15, 0.2) is 29.3 Å². The van der Waals surface area contributed by atoms with Crippen LogP contribution in [0.4, 0.5) is 0 Å². The number of aryl methyl sites for hydroxylation is 2. The number of carboxylic acid groups (broad SMARTS) is 1. The monoisotopic (exact) mass is 373 g/mol. The third-order valence-corrected chi connectivity index (χ3v) is 4.88. The van der Waals surface area contributed by atoms with E-state index in [1.54, 1.807) is 12.1 Å². The zero-order valence-corrected chi connectivity index (χ0v) is 15.2. The molecular formula is C19H23N3O5. The Bertz CT molecular complexity index is 902. The van der Waals surface area contributed by atoms with Crippen LogP contribution in [-0.4, -0.2) is 45.8 Å². The number of nitrogens with one attached hydrogen (secondary N) is 1. The first-order valence-electron chi connectivity index (χ1n) is 9.02. The summed E-state index contributed by atoms with van der Waals surface area (Å²) in [5.41, 5.74) is 1.34. The molecule has 0 saturated carbocycles. The van der Waals surface area contributed by atoms with Gasteiger partial charge in [-0.3, -0.25) is 14.2 Å². The van der Waals surface area contributed by atoms with Crippen molar-refractivity contribution in [2.24, 2.45) is 5.92 Å². The summed E-state index contributed by atoms with van der Waals surface area (Å²) in [4.78, 5) is 40.6. The van der Waals surface area contributed by atoms with Gasteiger partial charge in [0.2, 0.25) is 5.91 Å². The van der Waals surface area contributed by atoms with Gasteiger partial charge in [0, 0.05) is 25.5 Å². The average molecular weight is 373 g/mol. The van der Waals surface area contributed by atoms with E-state index in [2.05, 4.69) is 10.3 Å². The largest absolute Gasteiger partial charge is 0.480 e. The van der Waals surface area contributed by atoms with Crippen molar-refractivity contribution in [3.8, 4) is 0 Å². The molecule has 1 aromatic carbocycles. The number of carbonyl (C=O) groups is 2. The Kier molecular flexibility index (Phi) is 5.85. The van der Waals surface area contributed by atoms with Gasteiger partial charge in [-0.25, -0.2) is 9.78 Å². The van der Waals surface area contributed by atoms with Gasteiger partial charge < -0.3 is 15.2 Å². The first-order valence-corrected chi connectivity index (χ1v) is 9.02. The lowest BCUT2D eigenvalue weighted by Gasteiger charge is -2.28. The smallest absolute Gasteiger partial charge is 0.326 e. The molecule has 2 atom stereocenters. The molecule has 1 fully saturated rings. The van der Waals surface area contributed by atoms with Crippen LogP contribution in [0.2, 0.25) is 0 Å². The van der Waals surface area contributed by atoms with Crippen molar-refractivity contribution in [3.05, 3.63) is 40.4 Å². The molecule has 27 heavy (non-hydrogen) atoms. The maximum atomic E-state index is 12.6. The second kappa shape index (κ2) is 8.30. The molecule has 2 N–H and O–H groups in total. The fourth-order valence-electron chi connectivity index (χ4n) is 3.37. The van der Waals surface area contributed by atoms with Crippen molar-refractivity contribution >= 4 is 22.8 Å². The van der Waals surface area contributed by atoms with Gasteiger partial charge >= 0.3 is 5.97 Å². The number of nitrogens with zero attached hydrogens (tertiary/aromatic N) is 2. The van der Waals surface area contributed by atoms with E-state index in [9.17, 15) is 19.5 Å². The maximum absolute atomic E-state index is 12.6. The predicted molar refractivity (Wildman–Crippen MR) is 98.5 cm³/mol. The van der Waals surface area contributed by atoms with Crippen LogP contribution in [0.1, 0.15) is 24.8 Å². The minimum absolute atomic E-state index is 0.00370. The molecule has 0 radical (unpaired) electrons.